The van der Waals surface area contributed by atoms with Gasteiger partial charge in [-0.3, -0.25) is 9.78 Å². The summed E-state index contributed by atoms with van der Waals surface area (Å²) < 4.78 is 0. The van der Waals surface area contributed by atoms with E-state index in [4.69, 9.17) is 19.6 Å². The van der Waals surface area contributed by atoms with Crippen molar-refractivity contribution >= 4 is 11.9 Å². The van der Waals surface area contributed by atoms with Gasteiger partial charge in [0.15, 0.2) is 5.60 Å². The standard InChI is InChI=1S/C22H24O8/c23-14-16-11-12-22(15-24,30-29-21(26)18-9-5-2-6-10-18)19(13-16)27-28-20(25)17-7-3-1-4-8-17/h1-10,16,19,23-24H,11-15H2. The van der Waals surface area contributed by atoms with Gasteiger partial charge in [0.1, 0.15) is 6.10 Å². The molecule has 0 heterocycles. The van der Waals surface area contributed by atoms with Gasteiger partial charge in [-0.1, -0.05) is 36.4 Å². The lowest BCUT2D eigenvalue weighted by Gasteiger charge is -2.41. The van der Waals surface area contributed by atoms with Gasteiger partial charge in [-0.15, -0.1) is 0 Å². The molecule has 1 fully saturated rings. The van der Waals surface area contributed by atoms with E-state index in [1.807, 2.05) is 0 Å². The number of aliphatic hydroxyl groups excluding tert-OH is 2. The minimum Gasteiger partial charge on any atom is -0.396 e. The second-order valence-corrected chi connectivity index (χ2v) is 7.19. The Balaban J connectivity index is 1.69. The smallest absolute Gasteiger partial charge is 0.373 e. The molecule has 2 aromatic carbocycles. The third-order valence-electron chi connectivity index (χ3n) is 5.18. The van der Waals surface area contributed by atoms with Gasteiger partial charge < -0.3 is 10.2 Å². The molecule has 0 amide bonds. The molecule has 3 unspecified atom stereocenters. The average molecular weight is 416 g/mol. The first-order chi connectivity index (χ1) is 14.6. The van der Waals surface area contributed by atoms with Crippen molar-refractivity contribution in [1.29, 1.82) is 0 Å². The Morgan fingerprint density at radius 2 is 1.47 bits per heavy atom. The number of carbonyl (C=O) groups excluding carboxylic acids is 2. The molecule has 0 saturated heterocycles. The Morgan fingerprint density at radius 3 is 2.00 bits per heavy atom. The fourth-order valence-corrected chi connectivity index (χ4v) is 3.31. The van der Waals surface area contributed by atoms with Crippen molar-refractivity contribution in [1.82, 2.24) is 0 Å². The first-order valence-corrected chi connectivity index (χ1v) is 9.67. The van der Waals surface area contributed by atoms with Crippen LogP contribution in [0.4, 0.5) is 0 Å². The highest BCUT2D eigenvalue weighted by atomic mass is 17.2. The largest absolute Gasteiger partial charge is 0.396 e. The lowest BCUT2D eigenvalue weighted by Crippen LogP contribution is -2.54. The van der Waals surface area contributed by atoms with Crippen molar-refractivity contribution < 1.29 is 39.4 Å². The molecule has 3 atom stereocenters. The maximum absolute atomic E-state index is 12.2. The predicted octanol–water partition coefficient (Wildman–Crippen LogP) is 2.46. The Morgan fingerprint density at radius 1 is 0.900 bits per heavy atom. The molecule has 1 saturated carbocycles. The number of rotatable bonds is 8. The van der Waals surface area contributed by atoms with Crippen LogP contribution in [0, 0.1) is 5.92 Å². The molecule has 0 spiro atoms. The summed E-state index contributed by atoms with van der Waals surface area (Å²) in [7, 11) is 0. The topological polar surface area (TPSA) is 112 Å². The van der Waals surface area contributed by atoms with Crippen LogP contribution in [0.3, 0.4) is 0 Å². The molecule has 8 nitrogen and oxygen atoms in total. The molecule has 1 aliphatic carbocycles. The third-order valence-corrected chi connectivity index (χ3v) is 5.18. The minimum absolute atomic E-state index is 0.0994. The van der Waals surface area contributed by atoms with E-state index < -0.39 is 30.3 Å². The molecule has 8 heteroatoms. The molecular weight excluding hydrogens is 392 g/mol. The quantitative estimate of drug-likeness (QED) is 0.499. The molecule has 0 bridgehead atoms. The summed E-state index contributed by atoms with van der Waals surface area (Å²) in [5.41, 5.74) is -0.867. The molecule has 2 aromatic rings. The predicted molar refractivity (Wildman–Crippen MR) is 104 cm³/mol. The van der Waals surface area contributed by atoms with E-state index in [2.05, 4.69) is 0 Å². The summed E-state index contributed by atoms with van der Waals surface area (Å²) in [5.74, 6) is -1.58. The molecule has 3 rings (SSSR count). The highest BCUT2D eigenvalue weighted by Gasteiger charge is 2.49. The zero-order valence-electron chi connectivity index (χ0n) is 16.3. The highest BCUT2D eigenvalue weighted by Crippen LogP contribution is 2.37. The minimum atomic E-state index is -1.44. The van der Waals surface area contributed by atoms with Crippen molar-refractivity contribution in [2.45, 2.75) is 31.0 Å². The van der Waals surface area contributed by atoms with Crippen LogP contribution in [-0.4, -0.2) is 47.1 Å². The molecule has 1 aliphatic rings. The third kappa shape index (κ3) is 5.22. The van der Waals surface area contributed by atoms with Crippen molar-refractivity contribution in [3.05, 3.63) is 71.8 Å². The lowest BCUT2D eigenvalue weighted by molar-refractivity contribution is -0.398. The van der Waals surface area contributed by atoms with Gasteiger partial charge in [0.05, 0.1) is 17.7 Å². The van der Waals surface area contributed by atoms with Crippen LogP contribution in [0.5, 0.6) is 0 Å². The normalized spacial score (nSPS) is 23.5. The Kier molecular flexibility index (Phi) is 7.53. The van der Waals surface area contributed by atoms with E-state index in [1.165, 1.54) is 0 Å². The van der Waals surface area contributed by atoms with Gasteiger partial charge in [0, 0.05) is 6.61 Å². The first kappa shape index (κ1) is 21.9. The van der Waals surface area contributed by atoms with E-state index >= 15 is 0 Å². The van der Waals surface area contributed by atoms with Crippen molar-refractivity contribution in [3.8, 4) is 0 Å². The van der Waals surface area contributed by atoms with Crippen molar-refractivity contribution in [3.63, 3.8) is 0 Å². The van der Waals surface area contributed by atoms with Crippen LogP contribution in [0.15, 0.2) is 60.7 Å². The number of carbonyl (C=O) groups is 2. The van der Waals surface area contributed by atoms with E-state index in [0.29, 0.717) is 6.42 Å². The second-order valence-electron chi connectivity index (χ2n) is 7.19. The Hall–Kier alpha value is -2.78. The van der Waals surface area contributed by atoms with E-state index in [9.17, 15) is 19.8 Å². The van der Waals surface area contributed by atoms with Gasteiger partial charge in [0.2, 0.25) is 0 Å². The van der Waals surface area contributed by atoms with Crippen LogP contribution in [0.2, 0.25) is 0 Å². The van der Waals surface area contributed by atoms with E-state index in [0.717, 1.165) is 0 Å². The summed E-state index contributed by atoms with van der Waals surface area (Å²) in [6, 6.07) is 16.5. The molecule has 0 aromatic heterocycles. The molecular formula is C22H24O8. The van der Waals surface area contributed by atoms with Gasteiger partial charge in [-0.2, -0.15) is 9.78 Å². The van der Waals surface area contributed by atoms with E-state index in [-0.39, 0.29) is 36.5 Å². The van der Waals surface area contributed by atoms with Gasteiger partial charge >= 0.3 is 11.9 Å². The van der Waals surface area contributed by atoms with Crippen molar-refractivity contribution in [2.24, 2.45) is 5.92 Å². The van der Waals surface area contributed by atoms with Gasteiger partial charge in [-0.05, 0) is 49.4 Å². The fourth-order valence-electron chi connectivity index (χ4n) is 3.31. The van der Waals surface area contributed by atoms with Crippen LogP contribution in [-0.2, 0) is 19.6 Å². The summed E-state index contributed by atoms with van der Waals surface area (Å²) >= 11 is 0. The summed E-state index contributed by atoms with van der Waals surface area (Å²) in [6.07, 6.45) is 0.0170. The molecule has 0 aliphatic heterocycles. The van der Waals surface area contributed by atoms with Gasteiger partial charge in [0.25, 0.3) is 0 Å². The fraction of sp³-hybridized carbons (Fsp3) is 0.364. The molecule has 0 radical (unpaired) electrons. The lowest BCUT2D eigenvalue weighted by atomic mass is 9.77. The van der Waals surface area contributed by atoms with Gasteiger partial charge in [-0.25, -0.2) is 9.59 Å². The summed E-state index contributed by atoms with van der Waals surface area (Å²) in [4.78, 5) is 45.1. The zero-order valence-corrected chi connectivity index (χ0v) is 16.3. The number of hydrogen-bond acceptors (Lipinski definition) is 8. The van der Waals surface area contributed by atoms with Crippen LogP contribution in [0.25, 0.3) is 0 Å². The second kappa shape index (κ2) is 10.3. The number of hydrogen-bond donors (Lipinski definition) is 2. The first-order valence-electron chi connectivity index (χ1n) is 9.67. The number of benzene rings is 2. The molecule has 30 heavy (non-hydrogen) atoms. The maximum Gasteiger partial charge on any atom is 0.373 e. The van der Waals surface area contributed by atoms with Crippen molar-refractivity contribution in [2.75, 3.05) is 13.2 Å². The molecule has 2 N–H and O–H groups in total. The van der Waals surface area contributed by atoms with E-state index in [1.54, 1.807) is 60.7 Å². The SMILES string of the molecule is O=C(OOC1CC(CO)CCC1(CO)OOC(=O)c1ccccc1)c1ccccc1. The van der Waals surface area contributed by atoms with Crippen LogP contribution >= 0.6 is 0 Å². The summed E-state index contributed by atoms with van der Waals surface area (Å²) in [6.45, 7) is -0.640. The van der Waals surface area contributed by atoms with Crippen LogP contribution < -0.4 is 0 Å². The maximum atomic E-state index is 12.2. The number of aliphatic hydroxyl groups is 2. The average Bonchev–Trinajstić information content (AvgIpc) is 2.82. The zero-order chi connectivity index (χ0) is 21.4. The summed E-state index contributed by atoms with van der Waals surface area (Å²) in [5, 5.41) is 19.6. The Bertz CT molecular complexity index is 826. The Labute approximate surface area is 173 Å². The monoisotopic (exact) mass is 416 g/mol. The molecule has 160 valence electrons. The highest BCUT2D eigenvalue weighted by molar-refractivity contribution is 5.89. The van der Waals surface area contributed by atoms with Crippen LogP contribution in [0.1, 0.15) is 40.0 Å².